The van der Waals surface area contributed by atoms with Crippen LogP contribution >= 0.6 is 0 Å². The highest BCUT2D eigenvalue weighted by Gasteiger charge is 2.21. The van der Waals surface area contributed by atoms with Crippen LogP contribution in [0.15, 0.2) is 29.2 Å². The van der Waals surface area contributed by atoms with Gasteiger partial charge in [-0.05, 0) is 11.6 Å². The second-order valence-electron chi connectivity index (χ2n) is 3.63. The summed E-state index contributed by atoms with van der Waals surface area (Å²) in [7, 11) is 0. The van der Waals surface area contributed by atoms with Gasteiger partial charge < -0.3 is 14.7 Å². The van der Waals surface area contributed by atoms with Crippen LogP contribution < -0.4 is 10.4 Å². The highest BCUT2D eigenvalue weighted by atomic mass is 16.5. The molecule has 1 aliphatic rings. The Morgan fingerprint density at radius 1 is 1.40 bits per heavy atom. The number of hydrogen-bond acceptors (Lipinski definition) is 2. The molecule has 1 aromatic heterocycles. The van der Waals surface area contributed by atoms with Crippen LogP contribution in [0.4, 0.5) is 0 Å². The Morgan fingerprint density at radius 3 is 3.13 bits per heavy atom. The molecular weight excluding hydrogens is 192 g/mol. The molecule has 0 fully saturated rings. The van der Waals surface area contributed by atoms with Gasteiger partial charge in [0.1, 0.15) is 12.4 Å². The van der Waals surface area contributed by atoms with E-state index in [0.29, 0.717) is 6.61 Å². The highest BCUT2D eigenvalue weighted by molar-refractivity contribution is 5.54. The number of hydrogen-bond donors (Lipinski definition) is 2. The van der Waals surface area contributed by atoms with Gasteiger partial charge in [-0.3, -0.25) is 0 Å². The van der Waals surface area contributed by atoms with Crippen LogP contribution in [-0.4, -0.2) is 9.97 Å². The highest BCUT2D eigenvalue weighted by Crippen LogP contribution is 2.36. The van der Waals surface area contributed by atoms with Crippen LogP contribution in [0, 0.1) is 0 Å². The molecule has 4 nitrogen and oxygen atoms in total. The molecule has 0 aliphatic heterocycles. The third-order valence-electron chi connectivity index (χ3n) is 2.51. The average molecular weight is 202 g/mol. The average Bonchev–Trinajstić information content (AvgIpc) is 2.92. The lowest BCUT2D eigenvalue weighted by molar-refractivity contribution is 0.301. The van der Waals surface area contributed by atoms with Gasteiger partial charge in [-0.1, -0.05) is 12.1 Å². The summed E-state index contributed by atoms with van der Waals surface area (Å²) < 4.78 is 5.60. The van der Waals surface area contributed by atoms with Gasteiger partial charge in [0.2, 0.25) is 0 Å². The number of nitrogens with one attached hydrogen (secondary N) is 2. The lowest BCUT2D eigenvalue weighted by atomic mass is 10.3. The van der Waals surface area contributed by atoms with Crippen LogP contribution in [0.5, 0.6) is 5.75 Å². The van der Waals surface area contributed by atoms with Crippen LogP contribution in [0.1, 0.15) is 16.8 Å². The molecule has 0 radical (unpaired) electrons. The van der Waals surface area contributed by atoms with Crippen LogP contribution in [0.2, 0.25) is 0 Å². The fraction of sp³-hybridized carbons (Fsp3) is 0.182. The Morgan fingerprint density at radius 2 is 2.33 bits per heavy atom. The first-order chi connectivity index (χ1) is 7.33. The molecule has 1 aliphatic carbocycles. The third-order valence-corrected chi connectivity index (χ3v) is 2.51. The predicted molar refractivity (Wildman–Crippen MR) is 55.0 cm³/mol. The minimum Gasteiger partial charge on any atom is -0.487 e. The topological polar surface area (TPSA) is 57.9 Å². The second-order valence-corrected chi connectivity index (χ2v) is 3.63. The summed E-state index contributed by atoms with van der Waals surface area (Å²) in [6, 6.07) is 6.04. The van der Waals surface area contributed by atoms with Gasteiger partial charge >= 0.3 is 5.69 Å². The van der Waals surface area contributed by atoms with Crippen molar-refractivity contribution in [1.29, 1.82) is 0 Å². The van der Waals surface area contributed by atoms with Gasteiger partial charge in [-0.25, -0.2) is 4.79 Å². The standard InChI is InChI=1S/C11H10N2O2/c14-11-12-5-8(13-11)6-15-10-3-1-2-7-4-9(7)10/h1-3,5H,4,6H2,(H2,12,13,14). The molecule has 1 aromatic carbocycles. The van der Waals surface area contributed by atoms with E-state index in [9.17, 15) is 4.79 Å². The fourth-order valence-corrected chi connectivity index (χ4v) is 1.64. The van der Waals surface area contributed by atoms with Crippen LogP contribution in [0.3, 0.4) is 0 Å². The Balaban J connectivity index is 1.73. The fourth-order valence-electron chi connectivity index (χ4n) is 1.64. The minimum atomic E-state index is -0.197. The largest absolute Gasteiger partial charge is 0.487 e. The predicted octanol–water partition coefficient (Wildman–Crippen LogP) is 1.19. The maximum absolute atomic E-state index is 10.8. The lowest BCUT2D eigenvalue weighted by Gasteiger charge is -2.03. The molecule has 0 atom stereocenters. The molecular formula is C11H10N2O2. The van der Waals surface area contributed by atoms with E-state index < -0.39 is 0 Å². The zero-order valence-electron chi connectivity index (χ0n) is 8.04. The van der Waals surface area contributed by atoms with E-state index in [2.05, 4.69) is 16.0 Å². The van der Waals surface area contributed by atoms with E-state index in [1.165, 1.54) is 11.1 Å². The SMILES string of the molecule is O=c1[nH]cc(COc2cccc3c2C3)[nH]1. The third kappa shape index (κ3) is 1.54. The molecule has 4 heteroatoms. The molecule has 15 heavy (non-hydrogen) atoms. The first kappa shape index (κ1) is 8.35. The minimum absolute atomic E-state index is 0.197. The maximum Gasteiger partial charge on any atom is 0.323 e. The normalized spacial score (nSPS) is 12.3. The van der Waals surface area contributed by atoms with E-state index >= 15 is 0 Å². The van der Waals surface area contributed by atoms with Gasteiger partial charge in [0.05, 0.1) is 5.69 Å². The number of aromatic nitrogens is 2. The summed E-state index contributed by atoms with van der Waals surface area (Å²) in [4.78, 5) is 16.0. The molecule has 1 heterocycles. The molecule has 3 rings (SSSR count). The van der Waals surface area contributed by atoms with E-state index in [1.54, 1.807) is 6.20 Å². The van der Waals surface area contributed by atoms with Crippen molar-refractivity contribution in [3.63, 3.8) is 0 Å². The number of imidazole rings is 1. The van der Waals surface area contributed by atoms with E-state index in [4.69, 9.17) is 4.74 Å². The first-order valence-electron chi connectivity index (χ1n) is 4.83. The number of aromatic amines is 2. The summed E-state index contributed by atoms with van der Waals surface area (Å²) in [5.41, 5.74) is 3.21. The van der Waals surface area contributed by atoms with Crippen molar-refractivity contribution in [1.82, 2.24) is 9.97 Å². The quantitative estimate of drug-likeness (QED) is 0.670. The summed E-state index contributed by atoms with van der Waals surface area (Å²) in [6.45, 7) is 0.398. The Kier molecular flexibility index (Phi) is 1.68. The van der Waals surface area contributed by atoms with Crippen molar-refractivity contribution in [3.05, 3.63) is 51.7 Å². The van der Waals surface area contributed by atoms with E-state index in [1.807, 2.05) is 12.1 Å². The Bertz CT molecular complexity index is 554. The molecule has 0 saturated carbocycles. The number of rotatable bonds is 3. The molecule has 0 saturated heterocycles. The van der Waals surface area contributed by atoms with E-state index in [-0.39, 0.29) is 5.69 Å². The van der Waals surface area contributed by atoms with Crippen LogP contribution in [-0.2, 0) is 13.0 Å². The summed E-state index contributed by atoms with van der Waals surface area (Å²) >= 11 is 0. The van der Waals surface area contributed by atoms with Crippen molar-refractivity contribution in [2.45, 2.75) is 13.0 Å². The van der Waals surface area contributed by atoms with Crippen molar-refractivity contribution < 1.29 is 4.74 Å². The van der Waals surface area contributed by atoms with Crippen molar-refractivity contribution in [3.8, 4) is 5.75 Å². The summed E-state index contributed by atoms with van der Waals surface area (Å²) in [5, 5.41) is 0. The van der Waals surface area contributed by atoms with E-state index in [0.717, 1.165) is 17.9 Å². The monoisotopic (exact) mass is 202 g/mol. The molecule has 0 unspecified atom stereocenters. The van der Waals surface area contributed by atoms with Crippen LogP contribution in [0.25, 0.3) is 0 Å². The molecule has 0 amide bonds. The molecule has 76 valence electrons. The molecule has 0 bridgehead atoms. The summed E-state index contributed by atoms with van der Waals surface area (Å²) in [5.74, 6) is 0.926. The number of benzene rings is 1. The molecule has 2 aromatic rings. The first-order valence-corrected chi connectivity index (χ1v) is 4.83. The number of fused-ring (bicyclic) bond motifs is 1. The summed E-state index contributed by atoms with van der Waals surface area (Å²) in [6.07, 6.45) is 2.66. The lowest BCUT2D eigenvalue weighted by Crippen LogP contribution is -2.02. The van der Waals surface area contributed by atoms with Gasteiger partial charge in [-0.15, -0.1) is 0 Å². The Labute approximate surface area is 85.9 Å². The van der Waals surface area contributed by atoms with Gasteiger partial charge in [0.25, 0.3) is 0 Å². The number of H-pyrrole nitrogens is 2. The van der Waals surface area contributed by atoms with Crippen molar-refractivity contribution >= 4 is 0 Å². The van der Waals surface area contributed by atoms with Gasteiger partial charge in [0, 0.05) is 18.2 Å². The van der Waals surface area contributed by atoms with Crippen molar-refractivity contribution in [2.24, 2.45) is 0 Å². The molecule has 2 N–H and O–H groups in total. The maximum atomic E-state index is 10.8. The Hall–Kier alpha value is -1.97. The number of ether oxygens (including phenoxy) is 1. The zero-order valence-corrected chi connectivity index (χ0v) is 8.04. The van der Waals surface area contributed by atoms with Gasteiger partial charge in [-0.2, -0.15) is 0 Å². The second kappa shape index (κ2) is 3.02. The van der Waals surface area contributed by atoms with Crippen molar-refractivity contribution in [2.75, 3.05) is 0 Å². The van der Waals surface area contributed by atoms with Gasteiger partial charge in [0.15, 0.2) is 0 Å². The molecule has 0 spiro atoms. The smallest absolute Gasteiger partial charge is 0.323 e. The zero-order chi connectivity index (χ0) is 10.3.